The fourth-order valence-corrected chi connectivity index (χ4v) is 5.71. The summed E-state index contributed by atoms with van der Waals surface area (Å²) >= 11 is 0. The first kappa shape index (κ1) is 31.3. The molecule has 2 aliphatic rings. The van der Waals surface area contributed by atoms with Crippen molar-refractivity contribution in [3.8, 4) is 6.07 Å². The van der Waals surface area contributed by atoms with Crippen molar-refractivity contribution in [2.75, 3.05) is 13.1 Å². The van der Waals surface area contributed by atoms with E-state index in [1.165, 1.54) is 12.1 Å². The maximum atomic E-state index is 14.0. The van der Waals surface area contributed by atoms with Gasteiger partial charge in [0, 0.05) is 37.8 Å². The van der Waals surface area contributed by atoms with Crippen LogP contribution in [0.15, 0.2) is 24.3 Å². The molecule has 6 atom stereocenters. The van der Waals surface area contributed by atoms with Crippen LogP contribution in [0.1, 0.15) is 66.9 Å². The number of ether oxygens (including phenoxy) is 1. The number of rotatable bonds is 12. The molecule has 220 valence electrons. The Bertz CT molecular complexity index is 1100. The summed E-state index contributed by atoms with van der Waals surface area (Å²) in [5.41, 5.74) is -0.0609. The van der Waals surface area contributed by atoms with Crippen molar-refractivity contribution in [1.29, 1.82) is 5.26 Å². The predicted octanol–water partition coefficient (Wildman–Crippen LogP) is 3.93. The number of carbonyl (C=O) groups excluding carboxylic acids is 3. The van der Waals surface area contributed by atoms with Crippen molar-refractivity contribution >= 4 is 18.4 Å². The topological polar surface area (TPSA) is 106 Å². The Hall–Kier alpha value is -3.19. The van der Waals surface area contributed by atoms with Gasteiger partial charge >= 0.3 is 6.09 Å². The van der Waals surface area contributed by atoms with Crippen LogP contribution in [0.4, 0.5) is 9.18 Å². The molecule has 0 spiro atoms. The lowest BCUT2D eigenvalue weighted by molar-refractivity contribution is -0.135. The Balaban J connectivity index is 1.82. The van der Waals surface area contributed by atoms with Gasteiger partial charge in [0.2, 0.25) is 12.3 Å². The fraction of sp³-hybridized carbons (Fsp3) is 0.667. The number of amides is 3. The zero-order chi connectivity index (χ0) is 29.8. The number of nitrogens with one attached hydrogen (secondary N) is 1. The molecule has 0 radical (unpaired) electrons. The van der Waals surface area contributed by atoms with Crippen LogP contribution in [0.5, 0.6) is 0 Å². The van der Waals surface area contributed by atoms with E-state index >= 15 is 0 Å². The minimum absolute atomic E-state index is 0.00722. The molecule has 1 heterocycles. The van der Waals surface area contributed by atoms with E-state index in [1.807, 2.05) is 20.8 Å². The molecule has 3 amide bonds. The van der Waals surface area contributed by atoms with E-state index in [9.17, 15) is 24.0 Å². The van der Waals surface area contributed by atoms with E-state index in [2.05, 4.69) is 23.2 Å². The Morgan fingerprint density at radius 1 is 1.30 bits per heavy atom. The Morgan fingerprint density at radius 3 is 2.55 bits per heavy atom. The highest BCUT2D eigenvalue weighted by atomic mass is 19.1. The maximum Gasteiger partial charge on any atom is 0.408 e. The molecule has 1 saturated carbocycles. The molecule has 0 aromatic heterocycles. The molecule has 1 aromatic rings. The van der Waals surface area contributed by atoms with Gasteiger partial charge < -0.3 is 19.9 Å². The van der Waals surface area contributed by atoms with Crippen LogP contribution in [0.3, 0.4) is 0 Å². The van der Waals surface area contributed by atoms with Gasteiger partial charge in [0.15, 0.2) is 0 Å². The molecular formula is C30H44FN5O4. The van der Waals surface area contributed by atoms with Crippen molar-refractivity contribution in [2.24, 2.45) is 11.8 Å². The first-order valence-corrected chi connectivity index (χ1v) is 14.2. The fourth-order valence-electron chi connectivity index (χ4n) is 5.71. The Morgan fingerprint density at radius 2 is 2.00 bits per heavy atom. The molecular weight excluding hydrogens is 513 g/mol. The van der Waals surface area contributed by atoms with Crippen LogP contribution in [-0.4, -0.2) is 82.0 Å². The number of carbonyl (C=O) groups is 3. The second kappa shape index (κ2) is 13.0. The van der Waals surface area contributed by atoms with Crippen LogP contribution in [0.25, 0.3) is 0 Å². The number of piperidine rings is 1. The van der Waals surface area contributed by atoms with Crippen LogP contribution < -0.4 is 5.32 Å². The first-order chi connectivity index (χ1) is 18.8. The lowest BCUT2D eigenvalue weighted by Gasteiger charge is -2.38. The monoisotopic (exact) mass is 557 g/mol. The summed E-state index contributed by atoms with van der Waals surface area (Å²) in [5, 5.41) is 12.5. The smallest absolute Gasteiger partial charge is 0.408 e. The van der Waals surface area contributed by atoms with E-state index in [0.717, 1.165) is 6.41 Å². The van der Waals surface area contributed by atoms with E-state index in [-0.39, 0.29) is 42.9 Å². The third-order valence-corrected chi connectivity index (χ3v) is 7.98. The number of likely N-dealkylation sites (tertiary alicyclic amines) is 1. The number of benzene rings is 1. The number of hydrogen-bond donors (Lipinski definition) is 1. The Kier molecular flexibility index (Phi) is 10.2. The predicted molar refractivity (Wildman–Crippen MR) is 149 cm³/mol. The highest BCUT2D eigenvalue weighted by Gasteiger charge is 2.60. The van der Waals surface area contributed by atoms with E-state index in [4.69, 9.17) is 4.74 Å². The van der Waals surface area contributed by atoms with Crippen LogP contribution >= 0.6 is 0 Å². The van der Waals surface area contributed by atoms with E-state index < -0.39 is 23.8 Å². The van der Waals surface area contributed by atoms with Crippen molar-refractivity contribution < 1.29 is 23.5 Å². The maximum absolute atomic E-state index is 14.0. The van der Waals surface area contributed by atoms with Crippen LogP contribution in [0.2, 0.25) is 0 Å². The van der Waals surface area contributed by atoms with Gasteiger partial charge in [-0.25, -0.2) is 9.18 Å². The summed E-state index contributed by atoms with van der Waals surface area (Å²) in [4.78, 5) is 44.3. The van der Waals surface area contributed by atoms with Gasteiger partial charge in [-0.05, 0) is 77.0 Å². The van der Waals surface area contributed by atoms with Gasteiger partial charge in [-0.3, -0.25) is 14.5 Å². The van der Waals surface area contributed by atoms with Crippen molar-refractivity contribution in [3.63, 3.8) is 0 Å². The molecule has 2 fully saturated rings. The van der Waals surface area contributed by atoms with E-state index in [1.54, 1.807) is 42.7 Å². The molecule has 1 aliphatic carbocycles. The van der Waals surface area contributed by atoms with Crippen molar-refractivity contribution in [1.82, 2.24) is 20.0 Å². The normalized spacial score (nSPS) is 23.3. The van der Waals surface area contributed by atoms with Gasteiger partial charge in [-0.1, -0.05) is 26.0 Å². The van der Waals surface area contributed by atoms with Crippen molar-refractivity contribution in [2.45, 2.75) is 104 Å². The van der Waals surface area contributed by atoms with Gasteiger partial charge in [-0.2, -0.15) is 5.26 Å². The lowest BCUT2D eigenvalue weighted by Crippen LogP contribution is -2.58. The number of halogens is 1. The molecule has 0 bridgehead atoms. The summed E-state index contributed by atoms with van der Waals surface area (Å²) in [7, 11) is 0. The minimum atomic E-state index is -0.940. The molecule has 1 aliphatic heterocycles. The van der Waals surface area contributed by atoms with Crippen LogP contribution in [-0.2, 0) is 20.9 Å². The highest BCUT2D eigenvalue weighted by Crippen LogP contribution is 2.53. The third kappa shape index (κ3) is 7.72. The number of alkyl carbamates (subject to hydrolysis) is 1. The molecule has 40 heavy (non-hydrogen) atoms. The van der Waals surface area contributed by atoms with Gasteiger partial charge in [0.1, 0.15) is 23.5 Å². The van der Waals surface area contributed by atoms with Crippen LogP contribution in [0, 0.1) is 29.0 Å². The van der Waals surface area contributed by atoms with Gasteiger partial charge in [-0.15, -0.1) is 0 Å². The third-order valence-electron chi connectivity index (χ3n) is 7.98. The molecule has 1 N–H and O–H groups in total. The minimum Gasteiger partial charge on any atom is -0.444 e. The molecule has 3 rings (SSSR count). The van der Waals surface area contributed by atoms with Gasteiger partial charge in [0.25, 0.3) is 0 Å². The largest absolute Gasteiger partial charge is 0.444 e. The standard InChI is InChI=1S/C30H44FN5O4/c1-8-23(35(18-37)15-21-10-9-11-22(31)12-21)16-34(19(2)3)17-26(33-29(39)40-30(5,6)7)28(38)36-24(14-32)13-25-20(4)27(25)36/h9-12,18-20,23-27H,8,13,15-17H2,1-7H3,(H,33,39). The molecule has 6 unspecified atom stereocenters. The first-order valence-electron chi connectivity index (χ1n) is 14.2. The highest BCUT2D eigenvalue weighted by molar-refractivity contribution is 5.87. The van der Waals surface area contributed by atoms with Gasteiger partial charge in [0.05, 0.1) is 6.07 Å². The molecule has 10 heteroatoms. The summed E-state index contributed by atoms with van der Waals surface area (Å²) < 4.78 is 19.2. The summed E-state index contributed by atoms with van der Waals surface area (Å²) in [6, 6.07) is 6.75. The molecule has 1 saturated heterocycles. The number of nitriles is 1. The second-order valence-electron chi connectivity index (χ2n) is 12.4. The van der Waals surface area contributed by atoms with E-state index in [0.29, 0.717) is 36.8 Å². The number of hydrogen-bond acceptors (Lipinski definition) is 6. The second-order valence-corrected chi connectivity index (χ2v) is 12.4. The quantitative estimate of drug-likeness (QED) is 0.391. The SMILES string of the molecule is CCC(CN(CC(NC(=O)OC(C)(C)C)C(=O)N1C(C#N)CC2C(C)C21)C(C)C)N(C=O)Cc1cccc(F)c1. The van der Waals surface area contributed by atoms with Crippen molar-refractivity contribution in [3.05, 3.63) is 35.6 Å². The summed E-state index contributed by atoms with van der Waals surface area (Å²) in [5.74, 6) is -0.0182. The zero-order valence-corrected chi connectivity index (χ0v) is 24.8. The summed E-state index contributed by atoms with van der Waals surface area (Å²) in [6.45, 7) is 14.2. The lowest BCUT2D eigenvalue weighted by atomic mass is 10.1. The molecule has 9 nitrogen and oxygen atoms in total. The number of nitrogens with zero attached hydrogens (tertiary/aromatic N) is 4. The Labute approximate surface area is 237 Å². The molecule has 1 aromatic carbocycles. The number of fused-ring (bicyclic) bond motifs is 1. The summed E-state index contributed by atoms with van der Waals surface area (Å²) in [6.07, 6.45) is 1.36. The average molecular weight is 558 g/mol. The average Bonchev–Trinajstić information content (AvgIpc) is 3.31. The zero-order valence-electron chi connectivity index (χ0n) is 24.8.